The molecule has 0 fully saturated rings. The molecule has 1 N–H and O–H groups in total. The topological polar surface area (TPSA) is 68.0 Å². The number of anilines is 1. The molecule has 0 unspecified atom stereocenters. The highest BCUT2D eigenvalue weighted by atomic mass is 32.1. The van der Waals surface area contributed by atoms with E-state index in [0.29, 0.717) is 10.9 Å². The first-order valence-electron chi connectivity index (χ1n) is 9.55. The second kappa shape index (κ2) is 9.93. The molecule has 154 valence electrons. The van der Waals surface area contributed by atoms with Crippen molar-refractivity contribution in [3.63, 3.8) is 0 Å². The lowest BCUT2D eigenvalue weighted by Crippen LogP contribution is -2.12. The number of pyridine rings is 1. The predicted molar refractivity (Wildman–Crippen MR) is 118 cm³/mol. The number of nitrogens with zero attached hydrogens (tertiary/aromatic N) is 2. The van der Waals surface area contributed by atoms with Crippen molar-refractivity contribution in [2.75, 3.05) is 5.32 Å². The minimum absolute atomic E-state index is 0.0398. The fourth-order valence-corrected chi connectivity index (χ4v) is 3.66. The summed E-state index contributed by atoms with van der Waals surface area (Å²) in [6.45, 7) is 6.26. The Balaban J connectivity index is 0.000000806. The Morgan fingerprint density at radius 3 is 2.67 bits per heavy atom. The Morgan fingerprint density at radius 1 is 1.17 bits per heavy atom. The Morgan fingerprint density at radius 2 is 1.97 bits per heavy atom. The quantitative estimate of drug-likeness (QED) is 0.402. The number of benzene rings is 1. The lowest BCUT2D eigenvalue weighted by Gasteiger charge is -2.06. The molecular formula is C23H22FN3O2S. The second-order valence-electron chi connectivity index (χ2n) is 6.55. The first-order chi connectivity index (χ1) is 14.5. The molecule has 0 atom stereocenters. The number of aryl methyl sites for hydroxylation is 1. The van der Waals surface area contributed by atoms with Crippen molar-refractivity contribution < 1.29 is 13.6 Å². The number of amides is 1. The number of aromatic nitrogens is 2. The molecule has 0 saturated heterocycles. The number of hydrogen-bond acceptors (Lipinski definition) is 5. The monoisotopic (exact) mass is 423 g/mol. The number of carbonyl (C=O) groups is 1. The minimum atomic E-state index is -0.652. The minimum Gasteiger partial charge on any atom is -0.445 e. The number of halogens is 1. The van der Waals surface area contributed by atoms with Gasteiger partial charge in [-0.2, -0.15) is 0 Å². The van der Waals surface area contributed by atoms with Crippen LogP contribution in [0.2, 0.25) is 0 Å². The van der Waals surface area contributed by atoms with Gasteiger partial charge in [0, 0.05) is 16.6 Å². The van der Waals surface area contributed by atoms with E-state index in [0.717, 1.165) is 27.8 Å². The van der Waals surface area contributed by atoms with Crippen LogP contribution in [0.25, 0.3) is 21.9 Å². The number of hydrogen-bond donors (Lipinski definition) is 1. The number of thiophene rings is 1. The fraction of sp³-hybridized carbons (Fsp3) is 0.174. The van der Waals surface area contributed by atoms with E-state index in [4.69, 9.17) is 4.42 Å². The van der Waals surface area contributed by atoms with Gasteiger partial charge in [0.1, 0.15) is 6.26 Å². The summed E-state index contributed by atoms with van der Waals surface area (Å²) in [6.07, 6.45) is 6.79. The van der Waals surface area contributed by atoms with E-state index in [2.05, 4.69) is 29.1 Å². The maximum absolute atomic E-state index is 13.7. The molecule has 4 rings (SSSR count). The Kier molecular flexibility index (Phi) is 7.08. The van der Waals surface area contributed by atoms with Crippen LogP contribution in [0.4, 0.5) is 9.39 Å². The van der Waals surface area contributed by atoms with Crippen LogP contribution in [0, 0.1) is 12.7 Å². The lowest BCUT2D eigenvalue weighted by molar-refractivity contribution is 0.102. The van der Waals surface area contributed by atoms with Crippen LogP contribution >= 0.6 is 11.3 Å². The first kappa shape index (κ1) is 21.4. The van der Waals surface area contributed by atoms with Gasteiger partial charge >= 0.3 is 0 Å². The summed E-state index contributed by atoms with van der Waals surface area (Å²) in [4.78, 5) is 21.1. The third-order valence-corrected chi connectivity index (χ3v) is 5.08. The number of oxazole rings is 1. The smallest absolute Gasteiger partial charge is 0.259 e. The Bertz CT molecular complexity index is 1120. The third kappa shape index (κ3) is 4.99. The van der Waals surface area contributed by atoms with Gasteiger partial charge in [-0.05, 0) is 48.4 Å². The highest BCUT2D eigenvalue weighted by Crippen LogP contribution is 2.35. The zero-order valence-corrected chi connectivity index (χ0v) is 17.8. The Hall–Kier alpha value is -3.32. The summed E-state index contributed by atoms with van der Waals surface area (Å²) in [5, 5.41) is 3.36. The number of rotatable bonds is 4. The van der Waals surface area contributed by atoms with Crippen molar-refractivity contribution in [2.24, 2.45) is 0 Å². The van der Waals surface area contributed by atoms with Crippen LogP contribution in [0.5, 0.6) is 0 Å². The van der Waals surface area contributed by atoms with Gasteiger partial charge < -0.3 is 9.73 Å². The number of carbonyl (C=O) groups excluding carboxylic acids is 1. The molecule has 5 nitrogen and oxygen atoms in total. The molecule has 3 aromatic heterocycles. The van der Waals surface area contributed by atoms with Gasteiger partial charge in [-0.3, -0.25) is 9.78 Å². The molecule has 3 heterocycles. The average Bonchev–Trinajstić information content (AvgIpc) is 3.42. The zero-order valence-electron chi connectivity index (χ0n) is 17.0. The molecule has 0 aliphatic carbocycles. The lowest BCUT2D eigenvalue weighted by atomic mass is 10.0. The molecule has 0 aliphatic rings. The summed E-state index contributed by atoms with van der Waals surface area (Å²) in [6, 6.07) is 11.0. The molecule has 0 aliphatic heterocycles. The van der Waals surface area contributed by atoms with Gasteiger partial charge in [-0.15, -0.1) is 11.3 Å². The van der Waals surface area contributed by atoms with Gasteiger partial charge in [-0.1, -0.05) is 26.3 Å². The van der Waals surface area contributed by atoms with E-state index < -0.39 is 11.7 Å². The van der Waals surface area contributed by atoms with E-state index in [9.17, 15) is 9.18 Å². The SMILES string of the molecule is CCC.Cc1ccc(-c2ncco2)cc1-c1ccc(NC(=O)c2ccncc2F)s1. The fourth-order valence-electron chi connectivity index (χ4n) is 2.67. The molecule has 0 spiro atoms. The van der Waals surface area contributed by atoms with Crippen LogP contribution in [0.1, 0.15) is 36.2 Å². The van der Waals surface area contributed by atoms with Gasteiger partial charge in [0.15, 0.2) is 5.82 Å². The first-order valence-corrected chi connectivity index (χ1v) is 10.4. The van der Waals surface area contributed by atoms with Gasteiger partial charge in [0.25, 0.3) is 5.91 Å². The molecule has 0 bridgehead atoms. The third-order valence-electron chi connectivity index (χ3n) is 4.04. The standard InChI is InChI=1S/C20H14FN3O2S.C3H8/c1-12-2-3-13(20-23-8-9-26-20)10-15(12)17-4-5-18(27-17)24-19(25)14-6-7-22-11-16(14)21;1-3-2/h2-11H,1H3,(H,24,25);3H2,1-2H3. The maximum Gasteiger partial charge on any atom is 0.259 e. The van der Waals surface area contributed by atoms with Crippen LogP contribution in [-0.4, -0.2) is 15.9 Å². The van der Waals surface area contributed by atoms with Crippen LogP contribution in [0.15, 0.2) is 65.7 Å². The van der Waals surface area contributed by atoms with E-state index in [1.54, 1.807) is 12.3 Å². The molecule has 7 heteroatoms. The van der Waals surface area contributed by atoms with E-state index in [1.807, 2.05) is 31.2 Å². The largest absolute Gasteiger partial charge is 0.445 e. The van der Waals surface area contributed by atoms with Gasteiger partial charge in [-0.25, -0.2) is 9.37 Å². The maximum atomic E-state index is 13.7. The van der Waals surface area contributed by atoms with Crippen LogP contribution in [0.3, 0.4) is 0 Å². The zero-order chi connectivity index (χ0) is 21.5. The summed E-state index contributed by atoms with van der Waals surface area (Å²) >= 11 is 1.41. The van der Waals surface area contributed by atoms with Gasteiger partial charge in [0.05, 0.1) is 23.0 Å². The normalized spacial score (nSPS) is 10.3. The van der Waals surface area contributed by atoms with Crippen LogP contribution in [-0.2, 0) is 0 Å². The molecule has 0 radical (unpaired) electrons. The average molecular weight is 424 g/mol. The van der Waals surface area contributed by atoms with E-state index >= 15 is 0 Å². The molecular weight excluding hydrogens is 401 g/mol. The summed E-state index contributed by atoms with van der Waals surface area (Å²) in [7, 11) is 0. The molecule has 1 amide bonds. The van der Waals surface area contributed by atoms with Crippen molar-refractivity contribution in [1.29, 1.82) is 0 Å². The molecule has 1 aromatic carbocycles. The van der Waals surface area contributed by atoms with Crippen molar-refractivity contribution >= 4 is 22.2 Å². The van der Waals surface area contributed by atoms with Crippen molar-refractivity contribution in [3.8, 4) is 21.9 Å². The van der Waals surface area contributed by atoms with Crippen LogP contribution < -0.4 is 5.32 Å². The predicted octanol–water partition coefficient (Wildman–Crippen LogP) is 6.58. The van der Waals surface area contributed by atoms with Gasteiger partial charge in [0.2, 0.25) is 5.89 Å². The van der Waals surface area contributed by atoms with E-state index in [-0.39, 0.29) is 5.56 Å². The summed E-state index contributed by atoms with van der Waals surface area (Å²) in [5.74, 6) is -0.607. The molecule has 0 saturated carbocycles. The van der Waals surface area contributed by atoms with Crippen molar-refractivity contribution in [1.82, 2.24) is 9.97 Å². The van der Waals surface area contributed by atoms with Crippen molar-refractivity contribution in [3.05, 3.63) is 78.2 Å². The second-order valence-corrected chi connectivity index (χ2v) is 7.63. The highest BCUT2D eigenvalue weighted by Gasteiger charge is 2.14. The molecule has 4 aromatic rings. The van der Waals surface area contributed by atoms with Crippen molar-refractivity contribution in [2.45, 2.75) is 27.2 Å². The summed E-state index contributed by atoms with van der Waals surface area (Å²) in [5.41, 5.74) is 2.94. The Labute approximate surface area is 178 Å². The highest BCUT2D eigenvalue weighted by molar-refractivity contribution is 7.19. The summed E-state index contributed by atoms with van der Waals surface area (Å²) < 4.78 is 19.1. The number of nitrogens with one attached hydrogen (secondary N) is 1. The molecule has 30 heavy (non-hydrogen) atoms. The van der Waals surface area contributed by atoms with E-state index in [1.165, 1.54) is 36.3 Å².